The molecule has 2 rings (SSSR count). The normalized spacial score (nSPS) is 10.4. The summed E-state index contributed by atoms with van der Waals surface area (Å²) in [5.74, 6) is 0. The van der Waals surface area contributed by atoms with E-state index in [1.54, 1.807) is 35.7 Å². The molecule has 0 aliphatic heterocycles. The maximum Gasteiger partial charge on any atom is 0.317 e. The van der Waals surface area contributed by atoms with Gasteiger partial charge in [0.15, 0.2) is 0 Å². The van der Waals surface area contributed by atoms with E-state index in [0.29, 0.717) is 26.2 Å². The summed E-state index contributed by atoms with van der Waals surface area (Å²) in [7, 11) is 1.62. The molecule has 118 valence electrons. The third-order valence-electron chi connectivity index (χ3n) is 3.03. The van der Waals surface area contributed by atoms with Gasteiger partial charge in [0, 0.05) is 44.4 Å². The van der Waals surface area contributed by atoms with Crippen LogP contribution in [0.5, 0.6) is 0 Å². The summed E-state index contributed by atoms with van der Waals surface area (Å²) in [6.45, 7) is 2.05. The predicted octanol–water partition coefficient (Wildman–Crippen LogP) is 1.94. The van der Waals surface area contributed by atoms with Crippen LogP contribution in [0.4, 0.5) is 4.79 Å². The molecular weight excluding hydrogens is 300 g/mol. The van der Waals surface area contributed by atoms with E-state index in [2.05, 4.69) is 15.3 Å². The number of urea groups is 1. The minimum Gasteiger partial charge on any atom is -0.383 e. The molecule has 0 atom stereocenters. The van der Waals surface area contributed by atoms with Gasteiger partial charge in [0.2, 0.25) is 0 Å². The summed E-state index contributed by atoms with van der Waals surface area (Å²) in [4.78, 5) is 22.5. The Bertz CT molecular complexity index is 548. The van der Waals surface area contributed by atoms with Crippen LogP contribution in [-0.4, -0.2) is 47.7 Å². The molecule has 22 heavy (non-hydrogen) atoms. The summed E-state index contributed by atoms with van der Waals surface area (Å²) in [6.07, 6.45) is 4.24. The van der Waals surface area contributed by atoms with E-state index in [1.165, 1.54) is 0 Å². The smallest absolute Gasteiger partial charge is 0.317 e. The molecule has 7 heteroatoms. The molecule has 1 N–H and O–H groups in total. The van der Waals surface area contributed by atoms with E-state index in [-0.39, 0.29) is 6.03 Å². The van der Waals surface area contributed by atoms with Crippen molar-refractivity contribution in [3.8, 4) is 0 Å². The first-order chi connectivity index (χ1) is 10.8. The minimum absolute atomic E-state index is 0.112. The molecule has 0 saturated carbocycles. The molecule has 0 aliphatic carbocycles. The molecular formula is C15H20N4O2S. The molecule has 0 fully saturated rings. The van der Waals surface area contributed by atoms with E-state index in [9.17, 15) is 4.79 Å². The van der Waals surface area contributed by atoms with Crippen molar-refractivity contribution in [1.29, 1.82) is 0 Å². The Morgan fingerprint density at radius 1 is 1.36 bits per heavy atom. The van der Waals surface area contributed by atoms with Crippen LogP contribution in [0, 0.1) is 0 Å². The van der Waals surface area contributed by atoms with E-state index in [0.717, 1.165) is 17.1 Å². The monoisotopic (exact) mass is 320 g/mol. The number of hydrogen-bond acceptors (Lipinski definition) is 5. The van der Waals surface area contributed by atoms with Gasteiger partial charge in [-0.1, -0.05) is 6.07 Å². The molecule has 0 aliphatic rings. The maximum absolute atomic E-state index is 12.3. The standard InChI is InChI=1S/C15H20N4O2S/c1-21-10-9-19(12-13-4-2-3-6-16-13)15(20)18-7-5-14-17-8-11-22-14/h2-4,6,8,11H,5,7,9-10,12H2,1H3,(H,18,20). The average Bonchev–Trinajstić information content (AvgIpc) is 3.05. The fourth-order valence-electron chi connectivity index (χ4n) is 1.91. The van der Waals surface area contributed by atoms with Crippen molar-refractivity contribution in [2.24, 2.45) is 0 Å². The molecule has 2 aromatic heterocycles. The van der Waals surface area contributed by atoms with Gasteiger partial charge in [0.05, 0.1) is 23.9 Å². The van der Waals surface area contributed by atoms with Crippen LogP contribution in [0.1, 0.15) is 10.7 Å². The molecule has 2 amide bonds. The molecule has 0 bridgehead atoms. The Kier molecular flexibility index (Phi) is 6.79. The Morgan fingerprint density at radius 2 is 2.27 bits per heavy atom. The Hall–Kier alpha value is -1.99. The van der Waals surface area contributed by atoms with Crippen molar-refractivity contribution >= 4 is 17.4 Å². The summed E-state index contributed by atoms with van der Waals surface area (Å²) < 4.78 is 5.07. The van der Waals surface area contributed by atoms with Gasteiger partial charge in [0.1, 0.15) is 0 Å². The summed E-state index contributed by atoms with van der Waals surface area (Å²) in [6, 6.07) is 5.57. The lowest BCUT2D eigenvalue weighted by atomic mass is 10.3. The quantitative estimate of drug-likeness (QED) is 0.807. The van der Waals surface area contributed by atoms with E-state index < -0.39 is 0 Å². The summed E-state index contributed by atoms with van der Waals surface area (Å²) >= 11 is 1.59. The fourth-order valence-corrected chi connectivity index (χ4v) is 2.53. The number of aromatic nitrogens is 2. The summed E-state index contributed by atoms with van der Waals surface area (Å²) in [5, 5.41) is 5.88. The zero-order valence-electron chi connectivity index (χ0n) is 12.6. The number of nitrogens with one attached hydrogen (secondary N) is 1. The number of methoxy groups -OCH3 is 1. The van der Waals surface area contributed by atoms with Crippen LogP contribution >= 0.6 is 11.3 Å². The lowest BCUT2D eigenvalue weighted by Gasteiger charge is -2.22. The SMILES string of the molecule is COCCN(Cc1ccccn1)C(=O)NCCc1nccs1. The van der Waals surface area contributed by atoms with Gasteiger partial charge in [-0.2, -0.15) is 0 Å². The highest BCUT2D eigenvalue weighted by Gasteiger charge is 2.14. The maximum atomic E-state index is 12.3. The van der Waals surface area contributed by atoms with Gasteiger partial charge in [0.25, 0.3) is 0 Å². The third kappa shape index (κ3) is 5.42. The number of hydrogen-bond donors (Lipinski definition) is 1. The average molecular weight is 320 g/mol. The molecule has 6 nitrogen and oxygen atoms in total. The molecule has 2 heterocycles. The molecule has 0 radical (unpaired) electrons. The largest absolute Gasteiger partial charge is 0.383 e. The molecule has 0 unspecified atom stereocenters. The summed E-state index contributed by atoms with van der Waals surface area (Å²) in [5.41, 5.74) is 0.855. The van der Waals surface area contributed by atoms with Gasteiger partial charge < -0.3 is 15.0 Å². The van der Waals surface area contributed by atoms with Crippen molar-refractivity contribution in [3.63, 3.8) is 0 Å². The molecule has 2 aromatic rings. The molecule has 0 saturated heterocycles. The van der Waals surface area contributed by atoms with Crippen molar-refractivity contribution in [3.05, 3.63) is 46.7 Å². The Balaban J connectivity index is 1.85. The number of carbonyl (C=O) groups excluding carboxylic acids is 1. The molecule has 0 spiro atoms. The van der Waals surface area contributed by atoms with Crippen molar-refractivity contribution < 1.29 is 9.53 Å². The Labute approximate surface area is 134 Å². The van der Waals surface area contributed by atoms with Crippen LogP contribution in [-0.2, 0) is 17.7 Å². The highest BCUT2D eigenvalue weighted by molar-refractivity contribution is 7.09. The second-order valence-corrected chi connectivity index (χ2v) is 5.62. The van der Waals surface area contributed by atoms with Gasteiger partial charge in [-0.05, 0) is 12.1 Å². The van der Waals surface area contributed by atoms with Crippen molar-refractivity contribution in [2.45, 2.75) is 13.0 Å². The zero-order chi connectivity index (χ0) is 15.6. The lowest BCUT2D eigenvalue weighted by molar-refractivity contribution is 0.146. The van der Waals surface area contributed by atoms with E-state index >= 15 is 0 Å². The highest BCUT2D eigenvalue weighted by Crippen LogP contribution is 2.04. The van der Waals surface area contributed by atoms with Gasteiger partial charge in [-0.3, -0.25) is 4.98 Å². The van der Waals surface area contributed by atoms with E-state index in [1.807, 2.05) is 23.6 Å². The second-order valence-electron chi connectivity index (χ2n) is 4.64. The number of pyridine rings is 1. The Morgan fingerprint density at radius 3 is 2.95 bits per heavy atom. The molecule has 0 aromatic carbocycles. The number of thiazole rings is 1. The van der Waals surface area contributed by atoms with Gasteiger partial charge >= 0.3 is 6.03 Å². The number of nitrogens with zero attached hydrogens (tertiary/aromatic N) is 3. The first kappa shape index (κ1) is 16.4. The van der Waals surface area contributed by atoms with Crippen LogP contribution in [0.2, 0.25) is 0 Å². The van der Waals surface area contributed by atoms with E-state index in [4.69, 9.17) is 4.74 Å². The van der Waals surface area contributed by atoms with Crippen LogP contribution in [0.3, 0.4) is 0 Å². The van der Waals surface area contributed by atoms with Crippen LogP contribution < -0.4 is 5.32 Å². The first-order valence-electron chi connectivity index (χ1n) is 7.09. The minimum atomic E-state index is -0.112. The van der Waals surface area contributed by atoms with Crippen LogP contribution in [0.25, 0.3) is 0 Å². The zero-order valence-corrected chi connectivity index (χ0v) is 13.4. The number of ether oxygens (including phenoxy) is 1. The number of rotatable bonds is 8. The number of amides is 2. The topological polar surface area (TPSA) is 67.3 Å². The van der Waals surface area contributed by atoms with Gasteiger partial charge in [-0.25, -0.2) is 9.78 Å². The lowest BCUT2D eigenvalue weighted by Crippen LogP contribution is -2.42. The highest BCUT2D eigenvalue weighted by atomic mass is 32.1. The third-order valence-corrected chi connectivity index (χ3v) is 3.87. The van der Waals surface area contributed by atoms with Crippen LogP contribution in [0.15, 0.2) is 36.0 Å². The fraction of sp³-hybridized carbons (Fsp3) is 0.400. The predicted molar refractivity (Wildman–Crippen MR) is 85.7 cm³/mol. The number of carbonyl (C=O) groups is 1. The first-order valence-corrected chi connectivity index (χ1v) is 7.97. The van der Waals surface area contributed by atoms with Crippen molar-refractivity contribution in [2.75, 3.05) is 26.8 Å². The van der Waals surface area contributed by atoms with Gasteiger partial charge in [-0.15, -0.1) is 11.3 Å². The van der Waals surface area contributed by atoms with Crippen molar-refractivity contribution in [1.82, 2.24) is 20.2 Å². The second kappa shape index (κ2) is 9.11.